The molecule has 1 atom stereocenters. The number of sulfonamides is 1. The molecule has 1 aliphatic rings. The zero-order chi connectivity index (χ0) is 20.8. The summed E-state index contributed by atoms with van der Waals surface area (Å²) in [6, 6.07) is 18.5. The molecule has 0 bridgehead atoms. The van der Waals surface area contributed by atoms with Crippen LogP contribution < -0.4 is 9.04 Å². The van der Waals surface area contributed by atoms with Crippen LogP contribution >= 0.6 is 0 Å². The molecular weight excluding hydrogens is 386 g/mol. The first-order valence-corrected chi connectivity index (χ1v) is 11.1. The van der Waals surface area contributed by atoms with E-state index in [1.807, 2.05) is 42.5 Å². The molecule has 1 N–H and O–H groups in total. The van der Waals surface area contributed by atoms with Crippen molar-refractivity contribution in [3.8, 4) is 5.75 Å². The van der Waals surface area contributed by atoms with Crippen LogP contribution in [0.1, 0.15) is 26.3 Å². The van der Waals surface area contributed by atoms with E-state index in [0.29, 0.717) is 16.8 Å². The summed E-state index contributed by atoms with van der Waals surface area (Å²) >= 11 is 0. The predicted octanol–water partition coefficient (Wildman–Crippen LogP) is 4.09. The molecule has 3 aromatic rings. The van der Waals surface area contributed by atoms with Crippen LogP contribution in [0.3, 0.4) is 0 Å². The summed E-state index contributed by atoms with van der Waals surface area (Å²) in [7, 11) is -3.69. The zero-order valence-corrected chi connectivity index (χ0v) is 17.6. The van der Waals surface area contributed by atoms with E-state index in [1.165, 1.54) is 4.31 Å². The molecule has 0 aliphatic carbocycles. The second-order valence-corrected chi connectivity index (χ2v) is 10.2. The van der Waals surface area contributed by atoms with Crippen molar-refractivity contribution in [2.45, 2.75) is 37.2 Å². The van der Waals surface area contributed by atoms with Crippen molar-refractivity contribution in [1.82, 2.24) is 0 Å². The molecule has 0 aromatic heterocycles. The maximum Gasteiger partial charge on any atom is 0.265 e. The standard InChI is InChI=1S/C23H25NO4S/c1-23(2,3)18-10-4-5-12-20(18)28-15-17(25)14-24-19-11-6-8-16-9-7-13-21(22(16)19)29(24,26)27/h4-13,17,25H,14-15H2,1-3H3/t17-/m0/s1. The summed E-state index contributed by atoms with van der Waals surface area (Å²) < 4.78 is 33.2. The van der Waals surface area contributed by atoms with Gasteiger partial charge in [0.1, 0.15) is 18.5 Å². The number of hydrogen-bond donors (Lipinski definition) is 1. The number of para-hydroxylation sites is 1. The molecule has 6 heteroatoms. The molecule has 5 nitrogen and oxygen atoms in total. The van der Waals surface area contributed by atoms with Gasteiger partial charge in [0.25, 0.3) is 10.0 Å². The van der Waals surface area contributed by atoms with Crippen LogP contribution in [0.5, 0.6) is 5.75 Å². The Hall–Kier alpha value is -2.57. The van der Waals surface area contributed by atoms with E-state index >= 15 is 0 Å². The summed E-state index contributed by atoms with van der Waals surface area (Å²) in [4.78, 5) is 0.289. The van der Waals surface area contributed by atoms with Gasteiger partial charge in [0, 0.05) is 5.39 Å². The molecule has 0 saturated heterocycles. The van der Waals surface area contributed by atoms with Gasteiger partial charge in [-0.15, -0.1) is 0 Å². The summed E-state index contributed by atoms with van der Waals surface area (Å²) in [6.07, 6.45) is -0.970. The zero-order valence-electron chi connectivity index (χ0n) is 16.8. The fourth-order valence-electron chi connectivity index (χ4n) is 3.80. The molecule has 4 rings (SSSR count). The first-order chi connectivity index (χ1) is 13.7. The second kappa shape index (κ2) is 7.04. The fraction of sp³-hybridized carbons (Fsp3) is 0.304. The van der Waals surface area contributed by atoms with Crippen LogP contribution in [0, 0.1) is 0 Å². The minimum atomic E-state index is -3.69. The van der Waals surface area contributed by atoms with Gasteiger partial charge in [0.15, 0.2) is 0 Å². The van der Waals surface area contributed by atoms with Crippen LogP contribution in [-0.2, 0) is 15.4 Å². The van der Waals surface area contributed by atoms with Gasteiger partial charge in [-0.1, -0.05) is 63.2 Å². The van der Waals surface area contributed by atoms with E-state index < -0.39 is 16.1 Å². The van der Waals surface area contributed by atoms with Gasteiger partial charge < -0.3 is 9.84 Å². The predicted molar refractivity (Wildman–Crippen MR) is 115 cm³/mol. The summed E-state index contributed by atoms with van der Waals surface area (Å²) in [5, 5.41) is 12.2. The van der Waals surface area contributed by atoms with Gasteiger partial charge in [-0.05, 0) is 34.6 Å². The first kappa shape index (κ1) is 19.7. The highest BCUT2D eigenvalue weighted by atomic mass is 32.2. The van der Waals surface area contributed by atoms with Crippen LogP contribution in [0.15, 0.2) is 65.6 Å². The summed E-state index contributed by atoms with van der Waals surface area (Å²) in [5.74, 6) is 0.703. The number of anilines is 1. The average Bonchev–Trinajstić information content (AvgIpc) is 2.89. The van der Waals surface area contributed by atoms with Gasteiger partial charge >= 0.3 is 0 Å². The molecule has 0 saturated carbocycles. The Bertz CT molecular complexity index is 1160. The molecule has 0 spiro atoms. The smallest absolute Gasteiger partial charge is 0.265 e. The van der Waals surface area contributed by atoms with E-state index in [4.69, 9.17) is 4.74 Å². The van der Waals surface area contributed by atoms with E-state index in [-0.39, 0.29) is 23.5 Å². The van der Waals surface area contributed by atoms with E-state index in [2.05, 4.69) is 20.8 Å². The molecule has 0 amide bonds. The van der Waals surface area contributed by atoms with Crippen LogP contribution in [0.25, 0.3) is 10.8 Å². The average molecular weight is 412 g/mol. The van der Waals surface area contributed by atoms with Crippen LogP contribution in [0.4, 0.5) is 5.69 Å². The Morgan fingerprint density at radius 1 is 1.00 bits per heavy atom. The van der Waals surface area contributed by atoms with Crippen molar-refractivity contribution >= 4 is 26.5 Å². The second-order valence-electron chi connectivity index (χ2n) is 8.38. The van der Waals surface area contributed by atoms with Crippen LogP contribution in [-0.4, -0.2) is 32.8 Å². The number of β-amino-alcohol motifs (C(OH)–C–C–N with tert-alkyl or cyclic N) is 1. The molecule has 0 unspecified atom stereocenters. The van der Waals surface area contributed by atoms with E-state index in [0.717, 1.165) is 10.9 Å². The van der Waals surface area contributed by atoms with Crippen molar-refractivity contribution < 1.29 is 18.3 Å². The van der Waals surface area contributed by atoms with Crippen molar-refractivity contribution in [3.05, 3.63) is 66.2 Å². The minimum absolute atomic E-state index is 0.00539. The molecule has 152 valence electrons. The fourth-order valence-corrected chi connectivity index (χ4v) is 5.54. The lowest BCUT2D eigenvalue weighted by atomic mass is 9.86. The largest absolute Gasteiger partial charge is 0.491 e. The van der Waals surface area contributed by atoms with Crippen molar-refractivity contribution in [1.29, 1.82) is 0 Å². The number of aliphatic hydroxyl groups excluding tert-OH is 1. The number of rotatable bonds is 5. The van der Waals surface area contributed by atoms with Crippen molar-refractivity contribution in [2.75, 3.05) is 17.5 Å². The lowest BCUT2D eigenvalue weighted by molar-refractivity contribution is 0.114. The van der Waals surface area contributed by atoms with Gasteiger partial charge in [-0.25, -0.2) is 8.42 Å². The third kappa shape index (κ3) is 3.47. The Morgan fingerprint density at radius 2 is 1.69 bits per heavy atom. The normalized spacial score (nSPS) is 16.2. The van der Waals surface area contributed by atoms with E-state index in [9.17, 15) is 13.5 Å². The summed E-state index contributed by atoms with van der Waals surface area (Å²) in [5.41, 5.74) is 1.54. The Kier molecular flexibility index (Phi) is 4.79. The monoisotopic (exact) mass is 411 g/mol. The highest BCUT2D eigenvalue weighted by molar-refractivity contribution is 7.93. The van der Waals surface area contributed by atoms with Crippen molar-refractivity contribution in [2.24, 2.45) is 0 Å². The lowest BCUT2D eigenvalue weighted by Crippen LogP contribution is -2.37. The minimum Gasteiger partial charge on any atom is -0.491 e. The maximum absolute atomic E-state index is 13.0. The summed E-state index contributed by atoms with van der Waals surface area (Å²) in [6.45, 7) is 6.24. The third-order valence-electron chi connectivity index (χ3n) is 5.18. The Morgan fingerprint density at radius 3 is 2.41 bits per heavy atom. The molecular formula is C23H25NO4S. The SMILES string of the molecule is CC(C)(C)c1ccccc1OC[C@@H](O)CN1c2cccc3cccc(c23)S1(=O)=O. The first-order valence-electron chi connectivity index (χ1n) is 9.64. The number of benzene rings is 3. The molecule has 29 heavy (non-hydrogen) atoms. The number of nitrogens with zero attached hydrogens (tertiary/aromatic N) is 1. The maximum atomic E-state index is 13.0. The van der Waals surface area contributed by atoms with Crippen LogP contribution in [0.2, 0.25) is 0 Å². The third-order valence-corrected chi connectivity index (χ3v) is 7.01. The number of ether oxygens (including phenoxy) is 1. The van der Waals surface area contributed by atoms with Gasteiger partial charge in [-0.3, -0.25) is 4.31 Å². The highest BCUT2D eigenvalue weighted by Gasteiger charge is 2.36. The molecule has 0 fully saturated rings. The molecule has 1 aliphatic heterocycles. The van der Waals surface area contributed by atoms with E-state index in [1.54, 1.807) is 18.2 Å². The Labute approximate surface area is 171 Å². The molecule has 1 heterocycles. The molecule has 0 radical (unpaired) electrons. The highest BCUT2D eigenvalue weighted by Crippen LogP contribution is 2.42. The molecule has 3 aromatic carbocycles. The van der Waals surface area contributed by atoms with Crippen molar-refractivity contribution in [3.63, 3.8) is 0 Å². The number of hydrogen-bond acceptors (Lipinski definition) is 4. The Balaban J connectivity index is 1.55. The van der Waals surface area contributed by atoms with Gasteiger partial charge in [0.2, 0.25) is 0 Å². The topological polar surface area (TPSA) is 66.8 Å². The quantitative estimate of drug-likeness (QED) is 0.687. The van der Waals surface area contributed by atoms with Gasteiger partial charge in [-0.2, -0.15) is 0 Å². The lowest BCUT2D eigenvalue weighted by Gasteiger charge is -2.25. The number of aliphatic hydroxyl groups is 1. The van der Waals surface area contributed by atoms with Gasteiger partial charge in [0.05, 0.1) is 17.1 Å².